The lowest BCUT2D eigenvalue weighted by Gasteiger charge is -2.07. The predicted molar refractivity (Wildman–Crippen MR) is 50.1 cm³/mol. The molecule has 0 saturated carbocycles. The van der Waals surface area contributed by atoms with Gasteiger partial charge in [-0.3, -0.25) is 0 Å². The number of aryl methyl sites for hydroxylation is 1. The highest BCUT2D eigenvalue weighted by Gasteiger charge is 2.13. The molecule has 1 aliphatic heterocycles. The molecule has 66 valence electrons. The van der Waals surface area contributed by atoms with Gasteiger partial charge in [-0.05, 0) is 44.4 Å². The van der Waals surface area contributed by atoms with E-state index in [2.05, 4.69) is 22.4 Å². The molecule has 1 fully saturated rings. The lowest BCUT2D eigenvalue weighted by molar-refractivity contribution is 0.556. The van der Waals surface area contributed by atoms with E-state index >= 15 is 0 Å². The van der Waals surface area contributed by atoms with Crippen LogP contribution in [-0.4, -0.2) is 17.6 Å². The normalized spacial score (nSPS) is 23.2. The van der Waals surface area contributed by atoms with Gasteiger partial charge < -0.3 is 10.3 Å². The maximum absolute atomic E-state index is 3.51. The van der Waals surface area contributed by atoms with Gasteiger partial charge in [0.25, 0.3) is 0 Å². The van der Waals surface area contributed by atoms with Crippen LogP contribution in [0.4, 0.5) is 0 Å². The fourth-order valence-electron chi connectivity index (χ4n) is 1.86. The average molecular weight is 164 g/mol. The van der Waals surface area contributed by atoms with Crippen molar-refractivity contribution in [3.05, 3.63) is 24.0 Å². The van der Waals surface area contributed by atoms with E-state index in [1.807, 2.05) is 6.20 Å². The summed E-state index contributed by atoms with van der Waals surface area (Å²) in [6.45, 7) is 1.22. The fourth-order valence-corrected chi connectivity index (χ4v) is 1.86. The standard InChI is InChI=1S/C10H16N2/c1-3-9(11-7-1)5-6-10-4-2-8-12-10/h1,3,7,10-12H,2,4-6,8H2. The highest BCUT2D eigenvalue weighted by atomic mass is 14.9. The number of aromatic amines is 1. The predicted octanol–water partition coefficient (Wildman–Crippen LogP) is 1.70. The van der Waals surface area contributed by atoms with Gasteiger partial charge in [0, 0.05) is 17.9 Å². The molecule has 0 spiro atoms. The molecule has 1 saturated heterocycles. The van der Waals surface area contributed by atoms with Gasteiger partial charge in [-0.15, -0.1) is 0 Å². The van der Waals surface area contributed by atoms with Gasteiger partial charge in [0.2, 0.25) is 0 Å². The number of nitrogens with one attached hydrogen (secondary N) is 2. The summed E-state index contributed by atoms with van der Waals surface area (Å²) in [5, 5.41) is 3.51. The molecule has 1 atom stereocenters. The highest BCUT2D eigenvalue weighted by Crippen LogP contribution is 2.11. The van der Waals surface area contributed by atoms with Crippen LogP contribution in [0.15, 0.2) is 18.3 Å². The highest BCUT2D eigenvalue weighted by molar-refractivity contribution is 5.03. The summed E-state index contributed by atoms with van der Waals surface area (Å²) in [7, 11) is 0. The van der Waals surface area contributed by atoms with Gasteiger partial charge in [-0.1, -0.05) is 0 Å². The van der Waals surface area contributed by atoms with Crippen molar-refractivity contribution >= 4 is 0 Å². The van der Waals surface area contributed by atoms with Gasteiger partial charge in [0.1, 0.15) is 0 Å². The number of rotatable bonds is 3. The second kappa shape index (κ2) is 3.76. The van der Waals surface area contributed by atoms with E-state index in [1.54, 1.807) is 0 Å². The van der Waals surface area contributed by atoms with Crippen LogP contribution in [0.25, 0.3) is 0 Å². The second-order valence-electron chi connectivity index (χ2n) is 3.53. The molecule has 1 aliphatic rings. The molecule has 1 aromatic heterocycles. The molecule has 0 bridgehead atoms. The van der Waals surface area contributed by atoms with Gasteiger partial charge in [0.05, 0.1) is 0 Å². The number of aromatic nitrogens is 1. The van der Waals surface area contributed by atoms with Gasteiger partial charge in [-0.2, -0.15) is 0 Å². The Morgan fingerprint density at radius 1 is 1.50 bits per heavy atom. The number of hydrogen-bond acceptors (Lipinski definition) is 1. The second-order valence-corrected chi connectivity index (χ2v) is 3.53. The first-order chi connectivity index (χ1) is 5.95. The van der Waals surface area contributed by atoms with Crippen LogP contribution in [0.5, 0.6) is 0 Å². The third kappa shape index (κ3) is 1.89. The lowest BCUT2D eigenvalue weighted by Crippen LogP contribution is -2.21. The van der Waals surface area contributed by atoms with Crippen LogP contribution in [0, 0.1) is 0 Å². The Balaban J connectivity index is 1.74. The van der Waals surface area contributed by atoms with Crippen molar-refractivity contribution in [3.8, 4) is 0 Å². The first-order valence-corrected chi connectivity index (χ1v) is 4.81. The minimum atomic E-state index is 0.772. The van der Waals surface area contributed by atoms with Crippen molar-refractivity contribution in [2.45, 2.75) is 31.7 Å². The maximum atomic E-state index is 3.51. The Bertz CT molecular complexity index is 210. The summed E-state index contributed by atoms with van der Waals surface area (Å²) in [5.41, 5.74) is 1.36. The molecule has 0 aromatic carbocycles. The van der Waals surface area contributed by atoms with Crippen LogP contribution in [0.2, 0.25) is 0 Å². The molecule has 0 radical (unpaired) electrons. The van der Waals surface area contributed by atoms with E-state index in [9.17, 15) is 0 Å². The van der Waals surface area contributed by atoms with Crippen LogP contribution in [0.3, 0.4) is 0 Å². The Labute approximate surface area is 73.4 Å². The summed E-state index contributed by atoms with van der Waals surface area (Å²) in [5.74, 6) is 0. The molecule has 2 rings (SSSR count). The molecule has 0 amide bonds. The van der Waals surface area contributed by atoms with Crippen molar-refractivity contribution in [2.75, 3.05) is 6.54 Å². The van der Waals surface area contributed by atoms with Crippen molar-refractivity contribution in [2.24, 2.45) is 0 Å². The van der Waals surface area contributed by atoms with Gasteiger partial charge in [-0.25, -0.2) is 0 Å². The fraction of sp³-hybridized carbons (Fsp3) is 0.600. The minimum Gasteiger partial charge on any atom is -0.365 e. The van der Waals surface area contributed by atoms with Crippen molar-refractivity contribution in [1.82, 2.24) is 10.3 Å². The first kappa shape index (κ1) is 7.87. The monoisotopic (exact) mass is 164 g/mol. The molecule has 12 heavy (non-hydrogen) atoms. The Morgan fingerprint density at radius 3 is 3.17 bits per heavy atom. The van der Waals surface area contributed by atoms with Crippen molar-refractivity contribution in [1.29, 1.82) is 0 Å². The van der Waals surface area contributed by atoms with Gasteiger partial charge >= 0.3 is 0 Å². The van der Waals surface area contributed by atoms with Crippen molar-refractivity contribution in [3.63, 3.8) is 0 Å². The third-order valence-electron chi connectivity index (χ3n) is 2.59. The van der Waals surface area contributed by atoms with E-state index in [4.69, 9.17) is 0 Å². The van der Waals surface area contributed by atoms with Crippen molar-refractivity contribution < 1.29 is 0 Å². The summed E-state index contributed by atoms with van der Waals surface area (Å²) in [6.07, 6.45) is 7.18. The van der Waals surface area contributed by atoms with E-state index in [0.717, 1.165) is 6.04 Å². The quantitative estimate of drug-likeness (QED) is 0.699. The maximum Gasteiger partial charge on any atom is 0.0147 e. The van der Waals surface area contributed by atoms with Crippen LogP contribution < -0.4 is 5.32 Å². The van der Waals surface area contributed by atoms with E-state index < -0.39 is 0 Å². The SMILES string of the molecule is c1c[nH]c(CCC2CCCN2)c1. The zero-order valence-corrected chi connectivity index (χ0v) is 7.34. The molecule has 2 nitrogen and oxygen atoms in total. The molecule has 2 heterocycles. The Morgan fingerprint density at radius 2 is 2.50 bits per heavy atom. The zero-order chi connectivity index (χ0) is 8.23. The lowest BCUT2D eigenvalue weighted by atomic mass is 10.1. The Hall–Kier alpha value is -0.760. The van der Waals surface area contributed by atoms with Gasteiger partial charge in [0.15, 0.2) is 0 Å². The number of hydrogen-bond donors (Lipinski definition) is 2. The van der Waals surface area contributed by atoms with E-state index in [-0.39, 0.29) is 0 Å². The first-order valence-electron chi connectivity index (χ1n) is 4.81. The molecule has 1 aromatic rings. The van der Waals surface area contributed by atoms with Crippen LogP contribution in [0.1, 0.15) is 25.0 Å². The summed E-state index contributed by atoms with van der Waals surface area (Å²) < 4.78 is 0. The molecule has 1 unspecified atom stereocenters. The van der Waals surface area contributed by atoms with Crippen LogP contribution >= 0.6 is 0 Å². The smallest absolute Gasteiger partial charge is 0.0147 e. The third-order valence-corrected chi connectivity index (χ3v) is 2.59. The summed E-state index contributed by atoms with van der Waals surface area (Å²) >= 11 is 0. The summed E-state index contributed by atoms with van der Waals surface area (Å²) in [4.78, 5) is 3.23. The van der Waals surface area contributed by atoms with Crippen LogP contribution in [-0.2, 0) is 6.42 Å². The molecule has 0 aliphatic carbocycles. The minimum absolute atomic E-state index is 0.772. The molecular formula is C10H16N2. The Kier molecular flexibility index (Phi) is 2.47. The molecule has 2 N–H and O–H groups in total. The average Bonchev–Trinajstić information content (AvgIpc) is 2.74. The largest absolute Gasteiger partial charge is 0.365 e. The summed E-state index contributed by atoms with van der Waals surface area (Å²) in [6, 6.07) is 5.00. The molecule has 2 heteroatoms. The number of H-pyrrole nitrogens is 1. The topological polar surface area (TPSA) is 27.8 Å². The van der Waals surface area contributed by atoms with E-state index in [0.29, 0.717) is 0 Å². The zero-order valence-electron chi connectivity index (χ0n) is 7.34. The molecular weight excluding hydrogens is 148 g/mol. The van der Waals surface area contributed by atoms with E-state index in [1.165, 1.54) is 37.9 Å².